The molecule has 0 saturated heterocycles. The van der Waals surface area contributed by atoms with Gasteiger partial charge in [0.05, 0.1) is 0 Å². The van der Waals surface area contributed by atoms with Crippen LogP contribution in [-0.4, -0.2) is 10.1 Å². The van der Waals surface area contributed by atoms with Crippen LogP contribution >= 0.6 is 0 Å². The van der Waals surface area contributed by atoms with Crippen LogP contribution in [0.2, 0.25) is 0 Å². The van der Waals surface area contributed by atoms with Crippen molar-refractivity contribution in [1.29, 1.82) is 0 Å². The molecule has 1 aromatic heterocycles. The highest BCUT2D eigenvalue weighted by atomic mass is 16.3. The van der Waals surface area contributed by atoms with E-state index in [1.807, 2.05) is 30.3 Å². The minimum atomic E-state index is 0.287. The van der Waals surface area contributed by atoms with E-state index in [1.165, 1.54) is 51.4 Å². The van der Waals surface area contributed by atoms with Gasteiger partial charge in [0.1, 0.15) is 11.3 Å². The molecule has 0 radical (unpaired) electrons. The van der Waals surface area contributed by atoms with E-state index in [0.29, 0.717) is 5.52 Å². The van der Waals surface area contributed by atoms with Crippen LogP contribution in [0.1, 0.15) is 70.3 Å². The molecule has 1 heterocycles. The zero-order valence-corrected chi connectivity index (χ0v) is 14.3. The lowest BCUT2D eigenvalue weighted by molar-refractivity contribution is 0.479. The predicted octanol–water partition coefficient (Wildman–Crippen LogP) is 6.48. The third-order valence-corrected chi connectivity index (χ3v) is 4.30. The molecule has 0 atom stereocenters. The van der Waals surface area contributed by atoms with Crippen LogP contribution in [0.15, 0.2) is 36.5 Å². The smallest absolute Gasteiger partial charge is 0.148 e. The molecule has 1 N–H and O–H groups in total. The molecule has 2 rings (SSSR count). The molecule has 23 heavy (non-hydrogen) atoms. The summed E-state index contributed by atoms with van der Waals surface area (Å²) in [6.45, 7) is 2.26. The topological polar surface area (TPSA) is 33.1 Å². The van der Waals surface area contributed by atoms with Gasteiger partial charge < -0.3 is 5.11 Å². The van der Waals surface area contributed by atoms with E-state index >= 15 is 0 Å². The van der Waals surface area contributed by atoms with Crippen molar-refractivity contribution in [1.82, 2.24) is 4.98 Å². The standard InChI is InChI=1S/C21H29NO/c1-2-3-4-5-6-7-8-9-10-11-13-19-16-15-18-14-12-17-22-20(18)21(19)23/h11-17,23H,2-10H2,1H3/b13-11-. The number of phenolic OH excluding ortho intramolecular Hbond substituents is 1. The Hall–Kier alpha value is -1.83. The number of unbranched alkanes of at least 4 members (excludes halogenated alkanes) is 8. The lowest BCUT2D eigenvalue weighted by Gasteiger charge is -2.03. The Morgan fingerprint density at radius 3 is 2.48 bits per heavy atom. The molecule has 0 spiro atoms. The molecular weight excluding hydrogens is 282 g/mol. The molecule has 0 aliphatic rings. The predicted molar refractivity (Wildman–Crippen MR) is 99.7 cm³/mol. The molecule has 0 bridgehead atoms. The van der Waals surface area contributed by atoms with Crippen molar-refractivity contribution < 1.29 is 5.11 Å². The summed E-state index contributed by atoms with van der Waals surface area (Å²) in [5.41, 5.74) is 1.54. The molecule has 0 amide bonds. The van der Waals surface area contributed by atoms with Gasteiger partial charge in [-0.3, -0.25) is 4.98 Å². The Morgan fingerprint density at radius 1 is 0.957 bits per heavy atom. The summed E-state index contributed by atoms with van der Waals surface area (Å²) in [6, 6.07) is 7.83. The van der Waals surface area contributed by atoms with Gasteiger partial charge in [0.2, 0.25) is 0 Å². The number of aromatic hydroxyl groups is 1. The normalized spacial score (nSPS) is 11.5. The molecule has 0 saturated carbocycles. The highest BCUT2D eigenvalue weighted by Gasteiger charge is 2.04. The highest BCUT2D eigenvalue weighted by Crippen LogP contribution is 2.27. The van der Waals surface area contributed by atoms with Gasteiger partial charge in [-0.05, 0) is 18.9 Å². The number of benzene rings is 1. The van der Waals surface area contributed by atoms with E-state index in [0.717, 1.165) is 17.4 Å². The molecule has 2 heteroatoms. The molecule has 0 aliphatic carbocycles. The monoisotopic (exact) mass is 311 g/mol. The first-order valence-corrected chi connectivity index (χ1v) is 9.06. The van der Waals surface area contributed by atoms with Crippen molar-refractivity contribution >= 4 is 17.0 Å². The van der Waals surface area contributed by atoms with Gasteiger partial charge in [-0.1, -0.05) is 82.2 Å². The summed E-state index contributed by atoms with van der Waals surface area (Å²) in [5, 5.41) is 11.3. The maximum Gasteiger partial charge on any atom is 0.148 e. The third kappa shape index (κ3) is 5.70. The third-order valence-electron chi connectivity index (χ3n) is 4.30. The number of hydrogen-bond acceptors (Lipinski definition) is 2. The van der Waals surface area contributed by atoms with Crippen LogP contribution in [0.5, 0.6) is 5.75 Å². The summed E-state index contributed by atoms with van der Waals surface area (Å²) in [6.07, 6.45) is 17.7. The number of fused-ring (bicyclic) bond motifs is 1. The summed E-state index contributed by atoms with van der Waals surface area (Å²) in [7, 11) is 0. The second kappa shape index (κ2) is 10.0. The second-order valence-electron chi connectivity index (χ2n) is 6.24. The van der Waals surface area contributed by atoms with Gasteiger partial charge >= 0.3 is 0 Å². The zero-order valence-electron chi connectivity index (χ0n) is 14.3. The van der Waals surface area contributed by atoms with Crippen LogP contribution in [0.3, 0.4) is 0 Å². The fraction of sp³-hybridized carbons (Fsp3) is 0.476. The molecule has 1 aromatic carbocycles. The van der Waals surface area contributed by atoms with Crippen molar-refractivity contribution in [2.45, 2.75) is 64.7 Å². The number of phenols is 1. The van der Waals surface area contributed by atoms with E-state index in [4.69, 9.17) is 0 Å². The van der Waals surface area contributed by atoms with Crippen molar-refractivity contribution in [3.8, 4) is 5.75 Å². The highest BCUT2D eigenvalue weighted by molar-refractivity contribution is 5.87. The van der Waals surface area contributed by atoms with Gasteiger partial charge in [0.15, 0.2) is 0 Å². The van der Waals surface area contributed by atoms with Crippen molar-refractivity contribution in [3.63, 3.8) is 0 Å². The van der Waals surface area contributed by atoms with Crippen LogP contribution in [-0.2, 0) is 0 Å². The fourth-order valence-corrected chi connectivity index (χ4v) is 2.89. The molecule has 0 unspecified atom stereocenters. The van der Waals surface area contributed by atoms with E-state index in [2.05, 4.69) is 18.0 Å². The van der Waals surface area contributed by atoms with Gasteiger partial charge in [0, 0.05) is 17.1 Å². The SMILES string of the molecule is CCCCCCCCCC/C=C\c1ccc2cccnc2c1O. The van der Waals surface area contributed by atoms with Gasteiger partial charge in [-0.2, -0.15) is 0 Å². The minimum absolute atomic E-state index is 0.287. The van der Waals surface area contributed by atoms with Crippen molar-refractivity contribution in [2.24, 2.45) is 0 Å². The fourth-order valence-electron chi connectivity index (χ4n) is 2.89. The van der Waals surface area contributed by atoms with E-state index in [-0.39, 0.29) is 5.75 Å². The number of aromatic nitrogens is 1. The van der Waals surface area contributed by atoms with Gasteiger partial charge in [-0.25, -0.2) is 0 Å². The second-order valence-corrected chi connectivity index (χ2v) is 6.24. The molecule has 0 aliphatic heterocycles. The average Bonchev–Trinajstić information content (AvgIpc) is 2.58. The number of pyridine rings is 1. The molecule has 2 nitrogen and oxygen atoms in total. The Bertz CT molecular complexity index is 618. The summed E-state index contributed by atoms with van der Waals surface area (Å²) in [5.74, 6) is 0.287. The van der Waals surface area contributed by atoms with Gasteiger partial charge in [-0.15, -0.1) is 0 Å². The van der Waals surface area contributed by atoms with Gasteiger partial charge in [0.25, 0.3) is 0 Å². The van der Waals surface area contributed by atoms with Crippen molar-refractivity contribution in [3.05, 3.63) is 42.1 Å². The average molecular weight is 311 g/mol. The number of hydrogen-bond donors (Lipinski definition) is 1. The molecule has 124 valence electrons. The van der Waals surface area contributed by atoms with Crippen molar-refractivity contribution in [2.75, 3.05) is 0 Å². The van der Waals surface area contributed by atoms with Crippen LogP contribution in [0, 0.1) is 0 Å². The first-order valence-electron chi connectivity index (χ1n) is 9.06. The van der Waals surface area contributed by atoms with Crippen LogP contribution in [0.4, 0.5) is 0 Å². The summed E-state index contributed by atoms with van der Waals surface area (Å²) in [4.78, 5) is 4.26. The maximum absolute atomic E-state index is 10.3. The van der Waals surface area contributed by atoms with Crippen LogP contribution in [0.25, 0.3) is 17.0 Å². The Morgan fingerprint density at radius 2 is 1.70 bits per heavy atom. The minimum Gasteiger partial charge on any atom is -0.505 e. The van der Waals surface area contributed by atoms with E-state index in [1.54, 1.807) is 6.20 Å². The van der Waals surface area contributed by atoms with Crippen LogP contribution < -0.4 is 0 Å². The first-order chi connectivity index (χ1) is 11.3. The number of allylic oxidation sites excluding steroid dienone is 1. The Labute approximate surface area is 140 Å². The Balaban J connectivity index is 1.71. The zero-order chi connectivity index (χ0) is 16.3. The lowest BCUT2D eigenvalue weighted by Crippen LogP contribution is -1.82. The largest absolute Gasteiger partial charge is 0.505 e. The summed E-state index contributed by atoms with van der Waals surface area (Å²) >= 11 is 0. The van der Waals surface area contributed by atoms with E-state index in [9.17, 15) is 5.11 Å². The summed E-state index contributed by atoms with van der Waals surface area (Å²) < 4.78 is 0. The first kappa shape index (κ1) is 17.5. The molecule has 2 aromatic rings. The number of nitrogens with zero attached hydrogens (tertiary/aromatic N) is 1. The molecule has 0 fully saturated rings. The quantitative estimate of drug-likeness (QED) is 0.509. The number of rotatable bonds is 10. The lowest BCUT2D eigenvalue weighted by atomic mass is 10.1. The maximum atomic E-state index is 10.3. The van der Waals surface area contributed by atoms with E-state index < -0.39 is 0 Å². The molecular formula is C21H29NO. The Kier molecular flexibility index (Phi) is 7.65.